The highest BCUT2D eigenvalue weighted by atomic mass is 16.4. The van der Waals surface area contributed by atoms with Gasteiger partial charge in [-0.05, 0) is 76.5 Å². The summed E-state index contributed by atoms with van der Waals surface area (Å²) >= 11 is 0. The standard InChI is InChI=1S/C46H75N11O16/c1-9-21(4)35(55-43(69)34(49)23(6)58)44(70)54-30(18-20(2)3)42(68)52-28(14-16-32(47)62)39(65)53-31(19-26-10-12-27(61)13-11-26)41(67)50-22(5)38(64)51-29(15-17-33(48)63)40(66)56-36(24(7)59)45(71)57-37(25(8)60)46(72)73/h10-13,20-25,28-31,34-37,58-61H,9,14-19,49H2,1-8H3,(H2,47,62)(H2,48,63)(H,50,67)(H,51,64)(H,52,68)(H,53,65)(H,54,70)(H,55,69)(H,56,66)(H,57,71)(H,72,73)/t21-,22-,23+,24+,25+,28-,29-,30-,31-,34-,35-,36-,37-/m0/s1. The third-order valence-corrected chi connectivity index (χ3v) is 11.5. The molecule has 13 atom stereocenters. The molecule has 1 rings (SSSR count). The van der Waals surface area contributed by atoms with E-state index in [1.807, 2.05) is 5.32 Å². The van der Waals surface area contributed by atoms with Crippen molar-refractivity contribution in [2.45, 2.75) is 173 Å². The number of aliphatic carboxylic acids is 1. The number of rotatable bonds is 32. The number of nitrogens with one attached hydrogen (secondary N) is 8. The minimum Gasteiger partial charge on any atom is -0.508 e. The number of phenols is 1. The van der Waals surface area contributed by atoms with Gasteiger partial charge >= 0.3 is 5.97 Å². The molecule has 0 aliphatic heterocycles. The molecule has 0 aliphatic carbocycles. The maximum atomic E-state index is 14.2. The summed E-state index contributed by atoms with van der Waals surface area (Å²) in [5, 5.41) is 68.3. The lowest BCUT2D eigenvalue weighted by molar-refractivity contribution is -0.146. The Balaban J connectivity index is 3.53. The zero-order valence-corrected chi connectivity index (χ0v) is 42.3. The molecule has 0 fully saturated rings. The number of aliphatic hydroxyl groups is 3. The number of hydrogen-bond donors (Lipinski definition) is 16. The van der Waals surface area contributed by atoms with Crippen molar-refractivity contribution in [3.63, 3.8) is 0 Å². The van der Waals surface area contributed by atoms with Crippen molar-refractivity contribution >= 4 is 65.0 Å². The Morgan fingerprint density at radius 3 is 1.37 bits per heavy atom. The van der Waals surface area contributed by atoms with Crippen LogP contribution in [0.3, 0.4) is 0 Å². The van der Waals surface area contributed by atoms with Crippen LogP contribution in [0, 0.1) is 11.8 Å². The van der Waals surface area contributed by atoms with Crippen LogP contribution in [-0.2, 0) is 59.2 Å². The van der Waals surface area contributed by atoms with Gasteiger partial charge in [0.25, 0.3) is 0 Å². The molecule has 0 saturated carbocycles. The van der Waals surface area contributed by atoms with Gasteiger partial charge in [-0.1, -0.05) is 46.2 Å². The molecule has 410 valence electrons. The molecule has 0 saturated heterocycles. The maximum Gasteiger partial charge on any atom is 0.328 e. The number of primary amides is 2. The van der Waals surface area contributed by atoms with Gasteiger partial charge in [-0.2, -0.15) is 0 Å². The molecule has 27 nitrogen and oxygen atoms in total. The van der Waals surface area contributed by atoms with Crippen molar-refractivity contribution in [3.8, 4) is 5.75 Å². The Labute approximate surface area is 422 Å². The van der Waals surface area contributed by atoms with Crippen molar-refractivity contribution in [3.05, 3.63) is 29.8 Å². The van der Waals surface area contributed by atoms with Crippen molar-refractivity contribution in [2.24, 2.45) is 29.0 Å². The molecule has 0 spiro atoms. The first-order valence-electron chi connectivity index (χ1n) is 23.7. The van der Waals surface area contributed by atoms with Crippen LogP contribution < -0.4 is 59.7 Å². The molecule has 10 amide bonds. The first-order valence-corrected chi connectivity index (χ1v) is 23.7. The lowest BCUT2D eigenvalue weighted by Gasteiger charge is -2.29. The summed E-state index contributed by atoms with van der Waals surface area (Å²) in [6, 6.07) is -8.53. The average Bonchev–Trinajstić information content (AvgIpc) is 3.30. The Morgan fingerprint density at radius 1 is 0.507 bits per heavy atom. The fourth-order valence-electron chi connectivity index (χ4n) is 6.83. The second-order valence-corrected chi connectivity index (χ2v) is 18.4. The van der Waals surface area contributed by atoms with E-state index in [2.05, 4.69) is 37.2 Å². The normalized spacial score (nSPS) is 16.6. The summed E-state index contributed by atoms with van der Waals surface area (Å²) in [5.41, 5.74) is 16.9. The van der Waals surface area contributed by atoms with E-state index in [4.69, 9.17) is 17.2 Å². The lowest BCUT2D eigenvalue weighted by atomic mass is 9.96. The molecular weight excluding hydrogens is 963 g/mol. The van der Waals surface area contributed by atoms with Gasteiger partial charge in [-0.3, -0.25) is 47.9 Å². The van der Waals surface area contributed by atoms with Gasteiger partial charge in [0, 0.05) is 19.3 Å². The zero-order chi connectivity index (χ0) is 56.0. The second kappa shape index (κ2) is 30.8. The summed E-state index contributed by atoms with van der Waals surface area (Å²) < 4.78 is 0. The predicted octanol–water partition coefficient (Wildman–Crippen LogP) is -4.99. The van der Waals surface area contributed by atoms with Crippen LogP contribution in [0.25, 0.3) is 0 Å². The van der Waals surface area contributed by atoms with Gasteiger partial charge in [-0.15, -0.1) is 0 Å². The van der Waals surface area contributed by atoms with E-state index in [1.165, 1.54) is 38.1 Å². The van der Waals surface area contributed by atoms with E-state index in [-0.39, 0.29) is 24.5 Å². The van der Waals surface area contributed by atoms with Crippen molar-refractivity contribution in [2.75, 3.05) is 0 Å². The molecule has 0 radical (unpaired) electrons. The smallest absolute Gasteiger partial charge is 0.328 e. The summed E-state index contributed by atoms with van der Waals surface area (Å²) in [4.78, 5) is 144. The highest BCUT2D eigenvalue weighted by Crippen LogP contribution is 2.15. The molecule has 73 heavy (non-hydrogen) atoms. The molecule has 19 N–H and O–H groups in total. The van der Waals surface area contributed by atoms with E-state index < -0.39 is 169 Å². The molecular formula is C46H75N11O16. The Hall–Kier alpha value is -6.97. The Morgan fingerprint density at radius 2 is 0.918 bits per heavy atom. The Bertz CT molecular complexity index is 2090. The number of carboxylic acids is 1. The highest BCUT2D eigenvalue weighted by molar-refractivity contribution is 5.98. The number of aromatic hydroxyl groups is 1. The summed E-state index contributed by atoms with van der Waals surface area (Å²) in [6.07, 6.45) is -6.23. The summed E-state index contributed by atoms with van der Waals surface area (Å²) in [7, 11) is 0. The van der Waals surface area contributed by atoms with Gasteiger partial charge < -0.3 is 85.3 Å². The van der Waals surface area contributed by atoms with Gasteiger partial charge in [0.15, 0.2) is 6.04 Å². The fourth-order valence-corrected chi connectivity index (χ4v) is 6.83. The number of aliphatic hydroxyl groups excluding tert-OH is 3. The quantitative estimate of drug-likeness (QED) is 0.0321. The first-order chi connectivity index (χ1) is 33.9. The zero-order valence-electron chi connectivity index (χ0n) is 42.3. The molecule has 0 unspecified atom stereocenters. The Kier molecular flexibility index (Phi) is 27.0. The predicted molar refractivity (Wildman–Crippen MR) is 259 cm³/mol. The molecule has 1 aromatic carbocycles. The SMILES string of the molecule is CC[C@H](C)[C@H](NC(=O)[C@@H](N)[C@@H](C)O)C(=O)N[C@@H](CC(C)C)C(=O)N[C@@H](CCC(N)=O)C(=O)N[C@@H](Cc1ccc(O)cc1)C(=O)N[C@@H](C)C(=O)N[C@@H](CCC(N)=O)C(=O)N[C@H](C(=O)N[C@H](C(=O)O)[C@@H](C)O)[C@@H](C)O. The number of nitrogens with two attached hydrogens (primary N) is 3. The molecule has 27 heteroatoms. The number of carbonyl (C=O) groups excluding carboxylic acids is 10. The highest BCUT2D eigenvalue weighted by Gasteiger charge is 2.37. The number of benzene rings is 1. The van der Waals surface area contributed by atoms with Gasteiger partial charge in [0.05, 0.1) is 18.3 Å². The number of phenolic OH excluding ortho intramolecular Hbond substituents is 1. The topological polar surface area (TPSA) is 463 Å². The van der Waals surface area contributed by atoms with Crippen molar-refractivity contribution in [1.82, 2.24) is 42.5 Å². The number of carboxylic acid groups (broad SMARTS) is 1. The van der Waals surface area contributed by atoms with E-state index >= 15 is 0 Å². The van der Waals surface area contributed by atoms with Crippen LogP contribution in [0.15, 0.2) is 24.3 Å². The van der Waals surface area contributed by atoms with E-state index in [9.17, 15) is 78.3 Å². The van der Waals surface area contributed by atoms with Crippen molar-refractivity contribution in [1.29, 1.82) is 0 Å². The third kappa shape index (κ3) is 22.6. The largest absolute Gasteiger partial charge is 0.508 e. The lowest BCUT2D eigenvalue weighted by Crippen LogP contribution is -2.61. The van der Waals surface area contributed by atoms with E-state index in [0.717, 1.165) is 13.8 Å². The minimum atomic E-state index is -1.85. The molecule has 0 aromatic heterocycles. The summed E-state index contributed by atoms with van der Waals surface area (Å²) in [6.45, 7) is 11.6. The summed E-state index contributed by atoms with van der Waals surface area (Å²) in [5.74, 6) is -12.3. The minimum absolute atomic E-state index is 0.0145. The van der Waals surface area contributed by atoms with Crippen LogP contribution in [-0.4, -0.2) is 163 Å². The second-order valence-electron chi connectivity index (χ2n) is 18.4. The molecule has 0 bridgehead atoms. The van der Waals surface area contributed by atoms with Crippen LogP contribution in [0.4, 0.5) is 0 Å². The molecule has 0 heterocycles. The fraction of sp³-hybridized carbons (Fsp3) is 0.630. The number of amides is 10. The van der Waals surface area contributed by atoms with E-state index in [0.29, 0.717) is 12.0 Å². The number of hydrogen-bond acceptors (Lipinski definition) is 16. The first kappa shape index (κ1) is 64.0. The van der Waals surface area contributed by atoms with Crippen molar-refractivity contribution < 1.29 is 78.3 Å². The van der Waals surface area contributed by atoms with Gasteiger partial charge in [0.1, 0.15) is 54.1 Å². The van der Waals surface area contributed by atoms with E-state index in [1.54, 1.807) is 27.7 Å². The molecule has 0 aliphatic rings. The average molecular weight is 1040 g/mol. The van der Waals surface area contributed by atoms with Crippen LogP contribution in [0.2, 0.25) is 0 Å². The molecule has 1 aromatic rings. The van der Waals surface area contributed by atoms with Crippen LogP contribution in [0.1, 0.15) is 99.5 Å². The van der Waals surface area contributed by atoms with Crippen LogP contribution >= 0.6 is 0 Å². The maximum absolute atomic E-state index is 14.2. The monoisotopic (exact) mass is 1040 g/mol. The number of carbonyl (C=O) groups is 11. The van der Waals surface area contributed by atoms with Crippen LogP contribution in [0.5, 0.6) is 5.75 Å². The third-order valence-electron chi connectivity index (χ3n) is 11.5. The van der Waals surface area contributed by atoms with Gasteiger partial charge in [0.2, 0.25) is 59.1 Å². The van der Waals surface area contributed by atoms with Gasteiger partial charge in [-0.25, -0.2) is 4.79 Å².